The van der Waals surface area contributed by atoms with Crippen LogP contribution in [0.4, 0.5) is 0 Å². The normalized spacial score (nSPS) is 12.7. The molecule has 0 radical (unpaired) electrons. The summed E-state index contributed by atoms with van der Waals surface area (Å²) in [5.74, 6) is -0.527. The number of ether oxygens (including phenoxy) is 1. The average Bonchev–Trinajstić information content (AvgIpc) is 3.00. The van der Waals surface area contributed by atoms with E-state index in [1.54, 1.807) is 57.2 Å². The maximum atomic E-state index is 12.9. The van der Waals surface area contributed by atoms with Gasteiger partial charge in [0.25, 0.3) is 10.0 Å². The molecule has 0 aliphatic heterocycles. The Morgan fingerprint density at radius 1 is 1.15 bits per heavy atom. The third-order valence-corrected chi connectivity index (χ3v) is 5.24. The Kier molecular flexibility index (Phi) is 6.28. The standard InChI is InChI=1S/C20H26N2O4S/c1-20(2,3)26-19(23)13-10-17-7-6-14-22(17)27(24,25)18-11-8-16(9-12-18)15-21(4)5/h6-14H,15H2,1-5H3/b13-10+. The van der Waals surface area contributed by atoms with Crippen LogP contribution in [0, 0.1) is 0 Å². The molecule has 0 unspecified atom stereocenters. The van der Waals surface area contributed by atoms with Crippen LogP contribution < -0.4 is 0 Å². The first kappa shape index (κ1) is 20.9. The zero-order valence-electron chi connectivity index (χ0n) is 16.3. The molecule has 2 aromatic rings. The summed E-state index contributed by atoms with van der Waals surface area (Å²) in [6, 6.07) is 10.0. The van der Waals surface area contributed by atoms with Gasteiger partial charge < -0.3 is 9.64 Å². The molecule has 0 saturated heterocycles. The van der Waals surface area contributed by atoms with E-state index >= 15 is 0 Å². The Morgan fingerprint density at radius 2 is 1.78 bits per heavy atom. The largest absolute Gasteiger partial charge is 0.457 e. The molecule has 1 aromatic carbocycles. The van der Waals surface area contributed by atoms with Gasteiger partial charge in [0, 0.05) is 18.8 Å². The number of aromatic nitrogens is 1. The molecule has 0 bridgehead atoms. The number of benzene rings is 1. The lowest BCUT2D eigenvalue weighted by molar-refractivity contribution is -0.148. The quantitative estimate of drug-likeness (QED) is 0.560. The van der Waals surface area contributed by atoms with Crippen LogP contribution in [0.15, 0.2) is 53.6 Å². The van der Waals surface area contributed by atoms with Crippen LogP contribution in [0.3, 0.4) is 0 Å². The van der Waals surface area contributed by atoms with Crippen molar-refractivity contribution in [1.29, 1.82) is 0 Å². The lowest BCUT2D eigenvalue weighted by Crippen LogP contribution is -2.22. The van der Waals surface area contributed by atoms with Gasteiger partial charge in [-0.3, -0.25) is 0 Å². The van der Waals surface area contributed by atoms with Crippen molar-refractivity contribution in [1.82, 2.24) is 8.87 Å². The van der Waals surface area contributed by atoms with E-state index < -0.39 is 21.6 Å². The predicted octanol–water partition coefficient (Wildman–Crippen LogP) is 3.14. The summed E-state index contributed by atoms with van der Waals surface area (Å²) in [4.78, 5) is 14.0. The number of hydrogen-bond donors (Lipinski definition) is 0. The number of carbonyl (C=O) groups is 1. The van der Waals surface area contributed by atoms with Crippen molar-refractivity contribution < 1.29 is 17.9 Å². The maximum absolute atomic E-state index is 12.9. The van der Waals surface area contributed by atoms with Crippen molar-refractivity contribution in [3.63, 3.8) is 0 Å². The molecule has 7 heteroatoms. The molecule has 0 aliphatic carbocycles. The molecular formula is C20H26N2O4S. The topological polar surface area (TPSA) is 68.6 Å². The molecule has 0 saturated carbocycles. The molecular weight excluding hydrogens is 364 g/mol. The number of nitrogens with zero attached hydrogens (tertiary/aromatic N) is 2. The maximum Gasteiger partial charge on any atom is 0.331 e. The second-order valence-electron chi connectivity index (χ2n) is 7.48. The molecule has 1 aromatic heterocycles. The fraction of sp³-hybridized carbons (Fsp3) is 0.350. The van der Waals surface area contributed by atoms with Crippen LogP contribution in [0.2, 0.25) is 0 Å². The van der Waals surface area contributed by atoms with Crippen LogP contribution in [0.5, 0.6) is 0 Å². The fourth-order valence-corrected chi connectivity index (χ4v) is 3.80. The number of rotatable bonds is 6. The summed E-state index contributed by atoms with van der Waals surface area (Å²) in [7, 11) is 0.149. The Hall–Kier alpha value is -2.38. The highest BCUT2D eigenvalue weighted by Gasteiger charge is 2.19. The molecule has 146 valence electrons. The molecule has 1 heterocycles. The monoisotopic (exact) mass is 390 g/mol. The lowest BCUT2D eigenvalue weighted by atomic mass is 10.2. The van der Waals surface area contributed by atoms with E-state index in [1.807, 2.05) is 19.0 Å². The van der Waals surface area contributed by atoms with E-state index in [-0.39, 0.29) is 4.90 Å². The molecule has 0 atom stereocenters. The van der Waals surface area contributed by atoms with Gasteiger partial charge in [0.2, 0.25) is 0 Å². The van der Waals surface area contributed by atoms with E-state index in [4.69, 9.17) is 4.74 Å². The zero-order valence-corrected chi connectivity index (χ0v) is 17.2. The summed E-state index contributed by atoms with van der Waals surface area (Å²) in [6.07, 6.45) is 4.12. The molecule has 0 N–H and O–H groups in total. The zero-order chi connectivity index (χ0) is 20.2. The second-order valence-corrected chi connectivity index (χ2v) is 9.30. The first-order valence-electron chi connectivity index (χ1n) is 8.57. The highest BCUT2D eigenvalue weighted by Crippen LogP contribution is 2.19. The lowest BCUT2D eigenvalue weighted by Gasteiger charge is -2.17. The van der Waals surface area contributed by atoms with Gasteiger partial charge >= 0.3 is 5.97 Å². The van der Waals surface area contributed by atoms with Crippen molar-refractivity contribution in [2.45, 2.75) is 37.8 Å². The predicted molar refractivity (Wildman–Crippen MR) is 106 cm³/mol. The van der Waals surface area contributed by atoms with Gasteiger partial charge in [-0.2, -0.15) is 0 Å². The van der Waals surface area contributed by atoms with Crippen molar-refractivity contribution in [3.05, 3.63) is 59.9 Å². The molecule has 0 spiro atoms. The average molecular weight is 391 g/mol. The van der Waals surface area contributed by atoms with Gasteiger partial charge in [0.05, 0.1) is 10.6 Å². The second kappa shape index (κ2) is 8.10. The van der Waals surface area contributed by atoms with Gasteiger partial charge in [0.1, 0.15) is 5.60 Å². The van der Waals surface area contributed by atoms with Gasteiger partial charge in [-0.25, -0.2) is 17.2 Å². The first-order chi connectivity index (χ1) is 12.5. The molecule has 27 heavy (non-hydrogen) atoms. The fourth-order valence-electron chi connectivity index (χ4n) is 2.46. The van der Waals surface area contributed by atoms with Gasteiger partial charge in [0.15, 0.2) is 0 Å². The minimum absolute atomic E-state index is 0.188. The Labute approximate surface area is 161 Å². The molecule has 2 rings (SSSR count). The summed E-state index contributed by atoms with van der Waals surface area (Å²) >= 11 is 0. The van der Waals surface area contributed by atoms with Gasteiger partial charge in [-0.1, -0.05) is 12.1 Å². The Morgan fingerprint density at radius 3 is 2.33 bits per heavy atom. The highest BCUT2D eigenvalue weighted by molar-refractivity contribution is 7.90. The third-order valence-electron chi connectivity index (χ3n) is 3.52. The molecule has 6 nitrogen and oxygen atoms in total. The highest BCUT2D eigenvalue weighted by atomic mass is 32.2. The number of hydrogen-bond acceptors (Lipinski definition) is 5. The summed E-state index contributed by atoms with van der Waals surface area (Å²) < 4.78 is 32.2. The minimum atomic E-state index is -3.75. The first-order valence-corrected chi connectivity index (χ1v) is 10.0. The number of carbonyl (C=O) groups excluding carboxylic acids is 1. The van der Waals surface area contributed by atoms with E-state index in [9.17, 15) is 13.2 Å². The summed E-state index contributed by atoms with van der Waals surface area (Å²) in [6.45, 7) is 6.04. The minimum Gasteiger partial charge on any atom is -0.457 e. The summed E-state index contributed by atoms with van der Waals surface area (Å²) in [5.41, 5.74) is 0.791. The smallest absolute Gasteiger partial charge is 0.331 e. The van der Waals surface area contributed by atoms with Crippen LogP contribution in [0.1, 0.15) is 32.0 Å². The molecule has 0 aliphatic rings. The Balaban J connectivity index is 2.26. The van der Waals surface area contributed by atoms with Gasteiger partial charge in [-0.15, -0.1) is 0 Å². The Bertz CT molecular complexity index is 918. The van der Waals surface area contributed by atoms with E-state index in [2.05, 4.69) is 0 Å². The van der Waals surface area contributed by atoms with Crippen LogP contribution >= 0.6 is 0 Å². The molecule has 0 amide bonds. The SMILES string of the molecule is CN(C)Cc1ccc(S(=O)(=O)n2cccc2/C=C/C(=O)OC(C)(C)C)cc1. The third kappa shape index (κ3) is 5.80. The van der Waals surface area contributed by atoms with Crippen LogP contribution in [0.25, 0.3) is 6.08 Å². The van der Waals surface area contributed by atoms with E-state index in [0.29, 0.717) is 5.69 Å². The van der Waals surface area contributed by atoms with Crippen molar-refractivity contribution >= 4 is 22.1 Å². The van der Waals surface area contributed by atoms with Crippen molar-refractivity contribution in [3.8, 4) is 0 Å². The summed E-state index contributed by atoms with van der Waals surface area (Å²) in [5, 5.41) is 0. The van der Waals surface area contributed by atoms with E-state index in [0.717, 1.165) is 16.1 Å². The van der Waals surface area contributed by atoms with Crippen molar-refractivity contribution in [2.24, 2.45) is 0 Å². The van der Waals surface area contributed by atoms with E-state index in [1.165, 1.54) is 18.3 Å². The molecule has 0 fully saturated rings. The van der Waals surface area contributed by atoms with Crippen molar-refractivity contribution in [2.75, 3.05) is 14.1 Å². The van der Waals surface area contributed by atoms with Crippen LogP contribution in [-0.2, 0) is 26.1 Å². The van der Waals surface area contributed by atoms with Gasteiger partial charge in [-0.05, 0) is 70.8 Å². The number of esters is 1. The van der Waals surface area contributed by atoms with Crippen LogP contribution in [-0.4, -0.2) is 43.0 Å².